The lowest BCUT2D eigenvalue weighted by atomic mass is 10.1. The van der Waals surface area contributed by atoms with E-state index in [9.17, 15) is 23.5 Å². The summed E-state index contributed by atoms with van der Waals surface area (Å²) < 4.78 is 41.3. The molecule has 11 heteroatoms. The highest BCUT2D eigenvalue weighted by atomic mass is 19.3. The third-order valence-corrected chi connectivity index (χ3v) is 6.15. The van der Waals surface area contributed by atoms with E-state index >= 15 is 0 Å². The molecule has 0 saturated carbocycles. The van der Waals surface area contributed by atoms with Gasteiger partial charge in [0, 0.05) is 22.2 Å². The van der Waals surface area contributed by atoms with Crippen molar-refractivity contribution in [2.75, 3.05) is 17.7 Å². The van der Waals surface area contributed by atoms with Crippen molar-refractivity contribution in [3.8, 4) is 17.2 Å². The van der Waals surface area contributed by atoms with Crippen LogP contribution in [0, 0.1) is 6.92 Å². The topological polar surface area (TPSA) is 119 Å². The number of carbonyl (C=O) groups excluding carboxylic acids is 2. The second-order valence-electron chi connectivity index (χ2n) is 8.93. The summed E-state index contributed by atoms with van der Waals surface area (Å²) in [6.45, 7) is 3.36. The molecule has 1 aliphatic heterocycles. The van der Waals surface area contributed by atoms with E-state index < -0.39 is 24.2 Å². The second-order valence-corrected chi connectivity index (χ2v) is 8.93. The van der Waals surface area contributed by atoms with Gasteiger partial charge in [-0.05, 0) is 61.9 Å². The average Bonchev–Trinajstić information content (AvgIpc) is 3.22. The zero-order chi connectivity index (χ0) is 27.9. The largest absolute Gasteiger partial charge is 0.586 e. The van der Waals surface area contributed by atoms with Gasteiger partial charge in [0.25, 0.3) is 11.8 Å². The summed E-state index contributed by atoms with van der Waals surface area (Å²) in [4.78, 5) is 30.4. The third-order valence-electron chi connectivity index (χ3n) is 6.15. The predicted octanol–water partition coefficient (Wildman–Crippen LogP) is 5.43. The molecular weight excluding hydrogens is 512 g/mol. The van der Waals surface area contributed by atoms with Crippen LogP contribution in [0.25, 0.3) is 10.9 Å². The number of methoxy groups -OCH3 is 1. The van der Waals surface area contributed by atoms with Gasteiger partial charge in [0.05, 0.1) is 36.2 Å². The summed E-state index contributed by atoms with van der Waals surface area (Å²) in [7, 11) is 1.50. The van der Waals surface area contributed by atoms with Gasteiger partial charge in [-0.25, -0.2) is 0 Å². The molecule has 9 nitrogen and oxygen atoms in total. The normalized spacial score (nSPS) is 14.1. The molecule has 2 amide bonds. The minimum atomic E-state index is -3.86. The van der Waals surface area contributed by atoms with Gasteiger partial charge in [-0.2, -0.15) is 0 Å². The molecule has 0 radical (unpaired) electrons. The molecule has 1 atom stereocenters. The van der Waals surface area contributed by atoms with Crippen LogP contribution < -0.4 is 24.8 Å². The van der Waals surface area contributed by atoms with Crippen molar-refractivity contribution in [1.82, 2.24) is 4.98 Å². The first-order valence-corrected chi connectivity index (χ1v) is 11.8. The van der Waals surface area contributed by atoms with Gasteiger partial charge in [0.2, 0.25) is 0 Å². The number of aryl methyl sites for hydroxylation is 1. The van der Waals surface area contributed by atoms with Crippen LogP contribution >= 0.6 is 0 Å². The van der Waals surface area contributed by atoms with E-state index in [0.29, 0.717) is 33.5 Å². The van der Waals surface area contributed by atoms with Crippen LogP contribution in [0.5, 0.6) is 17.2 Å². The average molecular weight is 536 g/mol. The smallest absolute Gasteiger partial charge is 0.496 e. The van der Waals surface area contributed by atoms with Crippen LogP contribution in [0.15, 0.2) is 60.8 Å². The number of aromatic nitrogens is 1. The van der Waals surface area contributed by atoms with Crippen molar-refractivity contribution in [2.24, 2.45) is 0 Å². The lowest BCUT2D eigenvalue weighted by Gasteiger charge is -2.14. The van der Waals surface area contributed by atoms with Gasteiger partial charge in [-0.15, -0.1) is 8.78 Å². The monoisotopic (exact) mass is 535 g/mol. The zero-order valence-electron chi connectivity index (χ0n) is 21.0. The number of rotatable bonds is 6. The maximum Gasteiger partial charge on any atom is 0.586 e. The number of hydrogen-bond acceptors (Lipinski definition) is 7. The molecule has 200 valence electrons. The summed E-state index contributed by atoms with van der Waals surface area (Å²) in [6.07, 6.45) is -3.12. The Balaban J connectivity index is 1.36. The Morgan fingerprint density at radius 3 is 2.49 bits per heavy atom. The Bertz CT molecular complexity index is 1620. The van der Waals surface area contributed by atoms with Crippen molar-refractivity contribution in [1.29, 1.82) is 0 Å². The van der Waals surface area contributed by atoms with E-state index in [0.717, 1.165) is 0 Å². The molecule has 5 rings (SSSR count). The number of hydrogen-bond donors (Lipinski definition) is 3. The van der Waals surface area contributed by atoms with E-state index in [1.54, 1.807) is 44.2 Å². The number of anilines is 2. The fourth-order valence-electron chi connectivity index (χ4n) is 4.23. The van der Waals surface area contributed by atoms with Crippen LogP contribution in [-0.4, -0.2) is 35.3 Å². The number of aliphatic hydroxyl groups is 1. The van der Waals surface area contributed by atoms with Gasteiger partial charge < -0.3 is 30.0 Å². The van der Waals surface area contributed by atoms with E-state index in [1.807, 2.05) is 0 Å². The molecule has 3 aromatic carbocycles. The number of nitrogens with one attached hydrogen (secondary N) is 2. The van der Waals surface area contributed by atoms with Crippen molar-refractivity contribution >= 4 is 34.1 Å². The molecule has 4 aromatic rings. The first kappa shape index (κ1) is 25.9. The lowest BCUT2D eigenvalue weighted by molar-refractivity contribution is -0.286. The summed E-state index contributed by atoms with van der Waals surface area (Å²) in [5.41, 5.74) is 2.67. The number of aliphatic hydroxyl groups excluding tert-OH is 1. The summed E-state index contributed by atoms with van der Waals surface area (Å²) >= 11 is 0. The number of benzene rings is 3. The Morgan fingerprint density at radius 1 is 1.00 bits per heavy atom. The maximum absolute atomic E-state index is 13.5. The molecule has 0 spiro atoms. The Kier molecular flexibility index (Phi) is 6.52. The molecule has 2 heterocycles. The van der Waals surface area contributed by atoms with Gasteiger partial charge in [0.1, 0.15) is 5.75 Å². The van der Waals surface area contributed by atoms with Crippen LogP contribution in [0.1, 0.15) is 44.9 Å². The fourth-order valence-corrected chi connectivity index (χ4v) is 4.23. The molecule has 0 saturated heterocycles. The van der Waals surface area contributed by atoms with Crippen molar-refractivity contribution in [3.05, 3.63) is 83.0 Å². The lowest BCUT2D eigenvalue weighted by Crippen LogP contribution is -2.26. The number of carbonyl (C=O) groups is 2. The number of nitrogens with zero attached hydrogens (tertiary/aromatic N) is 1. The van der Waals surface area contributed by atoms with Crippen LogP contribution in [0.2, 0.25) is 0 Å². The van der Waals surface area contributed by atoms with E-state index in [1.165, 1.54) is 37.6 Å². The minimum absolute atomic E-state index is 0.146. The Labute approximate surface area is 221 Å². The number of ether oxygens (including phenoxy) is 3. The molecule has 1 aromatic heterocycles. The van der Waals surface area contributed by atoms with Crippen molar-refractivity contribution in [2.45, 2.75) is 26.2 Å². The zero-order valence-corrected chi connectivity index (χ0v) is 21.0. The predicted molar refractivity (Wildman–Crippen MR) is 139 cm³/mol. The first-order chi connectivity index (χ1) is 18.5. The summed E-state index contributed by atoms with van der Waals surface area (Å²) in [6, 6.07) is 13.9. The van der Waals surface area contributed by atoms with Crippen LogP contribution in [0.3, 0.4) is 0 Å². The van der Waals surface area contributed by atoms with Gasteiger partial charge in [-0.1, -0.05) is 12.1 Å². The highest BCUT2D eigenvalue weighted by Crippen LogP contribution is 2.43. The molecule has 1 unspecified atom stereocenters. The molecule has 3 N–H and O–H groups in total. The second kappa shape index (κ2) is 9.84. The van der Waals surface area contributed by atoms with Crippen LogP contribution in [-0.2, 0) is 0 Å². The van der Waals surface area contributed by atoms with E-state index in [2.05, 4.69) is 25.1 Å². The van der Waals surface area contributed by atoms with Crippen molar-refractivity contribution in [3.63, 3.8) is 0 Å². The number of amides is 2. The van der Waals surface area contributed by atoms with Crippen molar-refractivity contribution < 1.29 is 37.7 Å². The van der Waals surface area contributed by atoms with Crippen LogP contribution in [0.4, 0.5) is 20.2 Å². The van der Waals surface area contributed by atoms with Gasteiger partial charge >= 0.3 is 6.29 Å². The van der Waals surface area contributed by atoms with E-state index in [-0.39, 0.29) is 28.3 Å². The molecule has 1 aliphatic rings. The number of halogens is 2. The highest BCUT2D eigenvalue weighted by molar-refractivity contribution is 6.09. The summed E-state index contributed by atoms with van der Waals surface area (Å²) in [5.74, 6) is -1.29. The summed E-state index contributed by atoms with van der Waals surface area (Å²) in [5, 5.41) is 16.1. The molecular formula is C28H23F2N3O6. The number of alkyl halides is 2. The number of pyridine rings is 1. The molecule has 0 bridgehead atoms. The molecule has 39 heavy (non-hydrogen) atoms. The number of fused-ring (bicyclic) bond motifs is 2. The quantitative estimate of drug-likeness (QED) is 0.301. The maximum atomic E-state index is 13.5. The van der Waals surface area contributed by atoms with E-state index in [4.69, 9.17) is 4.74 Å². The Morgan fingerprint density at radius 2 is 1.74 bits per heavy atom. The van der Waals surface area contributed by atoms with Gasteiger partial charge in [0.15, 0.2) is 11.5 Å². The number of para-hydroxylation sites is 1. The SMILES string of the molecule is COc1cc2cc(NC(=O)c3cc(NC(=O)c4cccc5c4OC(F)(F)O5)ccc3C)cnc2cc1C(C)O. The highest BCUT2D eigenvalue weighted by Gasteiger charge is 2.45. The van der Waals surface area contributed by atoms with Gasteiger partial charge in [-0.3, -0.25) is 14.6 Å². The Hall–Kier alpha value is -4.77. The molecule has 0 aliphatic carbocycles. The minimum Gasteiger partial charge on any atom is -0.496 e. The molecule has 0 fully saturated rings. The first-order valence-electron chi connectivity index (χ1n) is 11.8. The standard InChI is InChI=1S/C28H23F2N3O6/c1-14-7-8-17(32-26(35)19-5-4-6-23-25(19)39-28(29,30)38-23)11-20(14)27(36)33-18-9-16-10-24(37-3)21(15(2)34)12-22(16)31-13-18/h4-13,15,34H,1-3H3,(H,32,35)(H,33,36). The third kappa shape index (κ3) is 5.16. The fraction of sp³-hybridized carbons (Fsp3) is 0.179.